The molecule has 1 spiro atoms. The molecule has 5 aliphatic rings. The fourth-order valence-electron chi connectivity index (χ4n) is 8.68. The normalized spacial score (nSPS) is 54.8. The summed E-state index contributed by atoms with van der Waals surface area (Å²) in [4.78, 5) is 24.7. The van der Waals surface area contributed by atoms with Crippen LogP contribution in [-0.2, 0) is 19.1 Å². The number of carbonyl (C=O) groups excluding carboxylic acids is 2. The van der Waals surface area contributed by atoms with Crippen molar-refractivity contribution < 1.29 is 29.3 Å². The summed E-state index contributed by atoms with van der Waals surface area (Å²) in [6.07, 6.45) is 5.54. The van der Waals surface area contributed by atoms with Gasteiger partial charge in [0.2, 0.25) is 0 Å². The highest BCUT2D eigenvalue weighted by molar-refractivity contribution is 5.83. The Morgan fingerprint density at radius 1 is 1.18 bits per heavy atom. The molecule has 28 heavy (non-hydrogen) atoms. The van der Waals surface area contributed by atoms with Crippen molar-refractivity contribution in [2.45, 2.75) is 82.2 Å². The van der Waals surface area contributed by atoms with Crippen LogP contribution in [0.1, 0.15) is 64.7 Å². The van der Waals surface area contributed by atoms with E-state index in [1.165, 1.54) is 0 Å². The van der Waals surface area contributed by atoms with E-state index >= 15 is 0 Å². The highest BCUT2D eigenvalue weighted by Gasteiger charge is 2.79. The van der Waals surface area contributed by atoms with Crippen molar-refractivity contribution in [3.8, 4) is 0 Å². The highest BCUT2D eigenvalue weighted by atomic mass is 16.7. The minimum Gasteiger partial charge on any atom is -0.389 e. The van der Waals surface area contributed by atoms with Gasteiger partial charge >= 0.3 is 0 Å². The van der Waals surface area contributed by atoms with E-state index in [1.54, 1.807) is 7.11 Å². The number of fused-ring (bicyclic) bond motifs is 1. The van der Waals surface area contributed by atoms with Crippen molar-refractivity contribution in [3.63, 3.8) is 0 Å². The first kappa shape index (κ1) is 19.2. The topological polar surface area (TPSA) is 93.1 Å². The average molecular weight is 392 g/mol. The zero-order valence-corrected chi connectivity index (χ0v) is 16.9. The van der Waals surface area contributed by atoms with Crippen molar-refractivity contribution in [3.05, 3.63) is 0 Å². The Kier molecular flexibility index (Phi) is 4.02. The van der Waals surface area contributed by atoms with Gasteiger partial charge in [0, 0.05) is 31.8 Å². The molecule has 4 saturated carbocycles. The van der Waals surface area contributed by atoms with Gasteiger partial charge in [-0.2, -0.15) is 0 Å². The number of methoxy groups -OCH3 is 1. The van der Waals surface area contributed by atoms with Gasteiger partial charge in [0.05, 0.1) is 16.6 Å². The van der Waals surface area contributed by atoms with Gasteiger partial charge in [0.15, 0.2) is 12.1 Å². The summed E-state index contributed by atoms with van der Waals surface area (Å²) < 4.78 is 12.6. The summed E-state index contributed by atoms with van der Waals surface area (Å²) in [5, 5.41) is 21.2. The van der Waals surface area contributed by atoms with Gasteiger partial charge in [-0.1, -0.05) is 6.92 Å². The minimum atomic E-state index is -1.06. The number of rotatable bonds is 3. The number of carbonyl (C=O) groups is 2. The third-order valence-corrected chi connectivity index (χ3v) is 9.72. The lowest BCUT2D eigenvalue weighted by Crippen LogP contribution is -2.67. The third-order valence-electron chi connectivity index (χ3n) is 9.72. The number of hydrogen-bond acceptors (Lipinski definition) is 6. The predicted molar refractivity (Wildman–Crippen MR) is 99.2 cm³/mol. The maximum atomic E-state index is 12.5. The van der Waals surface area contributed by atoms with Crippen LogP contribution < -0.4 is 0 Å². The molecule has 0 unspecified atom stereocenters. The molecule has 1 saturated heterocycles. The van der Waals surface area contributed by atoms with E-state index in [0.29, 0.717) is 25.7 Å². The Bertz CT molecular complexity index is 722. The zero-order valence-electron chi connectivity index (χ0n) is 16.9. The van der Waals surface area contributed by atoms with Crippen LogP contribution in [0, 0.1) is 28.6 Å². The molecular weight excluding hydrogens is 360 g/mol. The molecule has 0 aromatic carbocycles. The van der Waals surface area contributed by atoms with Crippen LogP contribution in [0.25, 0.3) is 0 Å². The fraction of sp³-hybridized carbons (Fsp3) is 0.909. The number of aliphatic hydroxyl groups excluding tert-OH is 1. The van der Waals surface area contributed by atoms with Gasteiger partial charge < -0.3 is 19.7 Å². The summed E-state index contributed by atoms with van der Waals surface area (Å²) in [6, 6.07) is 0. The number of ketones is 2. The predicted octanol–water partition coefficient (Wildman–Crippen LogP) is 2.00. The largest absolute Gasteiger partial charge is 0.389 e. The van der Waals surface area contributed by atoms with Crippen LogP contribution in [-0.4, -0.2) is 53.0 Å². The van der Waals surface area contributed by atoms with E-state index in [1.807, 2.05) is 0 Å². The van der Waals surface area contributed by atoms with Crippen LogP contribution in [0.4, 0.5) is 0 Å². The standard InChI is InChI=1S/C22H32O6/c1-19-7-6-17-21-8-5-13(24)11-20(21,26)9-10-22(17,28-18(21)27-2)16(19)4-3-14(19)15(25)12-23/h14,16-18,23,26H,3-12H2,1-2H3/t14-,16-,17-,18-,19-,20+,21-,22-/m1/s1. The second kappa shape index (κ2) is 5.87. The van der Waals surface area contributed by atoms with Gasteiger partial charge in [-0.15, -0.1) is 0 Å². The van der Waals surface area contributed by atoms with E-state index in [2.05, 4.69) is 6.92 Å². The molecule has 5 fully saturated rings. The van der Waals surface area contributed by atoms with Crippen LogP contribution in [0.2, 0.25) is 0 Å². The second-order valence-electron chi connectivity index (χ2n) is 10.3. The fourth-order valence-corrected chi connectivity index (χ4v) is 8.68. The Balaban J connectivity index is 1.60. The van der Waals surface area contributed by atoms with Crippen molar-refractivity contribution >= 4 is 11.6 Å². The number of aliphatic hydroxyl groups is 2. The molecule has 2 N–H and O–H groups in total. The van der Waals surface area contributed by atoms with Gasteiger partial charge in [-0.25, -0.2) is 0 Å². The van der Waals surface area contributed by atoms with Gasteiger partial charge in [0.25, 0.3) is 0 Å². The first-order valence-electron chi connectivity index (χ1n) is 10.9. The van der Waals surface area contributed by atoms with Crippen LogP contribution in [0.3, 0.4) is 0 Å². The number of Topliss-reactive ketones (excluding diaryl/α,β-unsaturated/α-hetero) is 2. The Morgan fingerprint density at radius 2 is 1.96 bits per heavy atom. The van der Waals surface area contributed by atoms with Crippen LogP contribution in [0.15, 0.2) is 0 Å². The monoisotopic (exact) mass is 392 g/mol. The van der Waals surface area contributed by atoms with E-state index in [9.17, 15) is 19.8 Å². The molecular formula is C22H32O6. The Hall–Kier alpha value is -0.820. The molecule has 0 aromatic rings. The third kappa shape index (κ3) is 1.98. The van der Waals surface area contributed by atoms with E-state index in [0.717, 1.165) is 25.7 Å². The maximum absolute atomic E-state index is 12.5. The molecule has 156 valence electrons. The molecule has 1 heterocycles. The average Bonchev–Trinajstić information content (AvgIpc) is 3.13. The Morgan fingerprint density at radius 3 is 2.68 bits per heavy atom. The van der Waals surface area contributed by atoms with Crippen LogP contribution >= 0.6 is 0 Å². The molecule has 6 heteroatoms. The maximum Gasteiger partial charge on any atom is 0.166 e. The molecule has 1 aliphatic heterocycles. The smallest absolute Gasteiger partial charge is 0.166 e. The van der Waals surface area contributed by atoms with E-state index in [-0.39, 0.29) is 41.2 Å². The highest BCUT2D eigenvalue weighted by Crippen LogP contribution is 2.75. The van der Waals surface area contributed by atoms with E-state index < -0.39 is 29.5 Å². The SMILES string of the molecule is CO[C@@H]1O[C@@]23CC[C@]4(O)CC(=O)CC[C@@]14[C@H]2CC[C@]1(C)[C@@H](C(=O)CO)CC[C@H]13. The molecule has 2 bridgehead atoms. The lowest BCUT2D eigenvalue weighted by atomic mass is 9.42. The van der Waals surface area contributed by atoms with Crippen molar-refractivity contribution in [1.82, 2.24) is 0 Å². The van der Waals surface area contributed by atoms with Crippen molar-refractivity contribution in [2.24, 2.45) is 28.6 Å². The van der Waals surface area contributed by atoms with Gasteiger partial charge in [-0.3, -0.25) is 9.59 Å². The molecule has 5 rings (SSSR count). The molecule has 0 aromatic heterocycles. The number of hydrogen-bond donors (Lipinski definition) is 2. The lowest BCUT2D eigenvalue weighted by Gasteiger charge is -2.62. The first-order valence-corrected chi connectivity index (χ1v) is 10.9. The Labute approximate surface area is 166 Å². The van der Waals surface area contributed by atoms with Crippen molar-refractivity contribution in [2.75, 3.05) is 13.7 Å². The molecule has 4 aliphatic carbocycles. The lowest BCUT2D eigenvalue weighted by molar-refractivity contribution is -0.225. The summed E-state index contributed by atoms with van der Waals surface area (Å²) in [7, 11) is 1.64. The summed E-state index contributed by atoms with van der Waals surface area (Å²) in [6.45, 7) is 1.81. The quantitative estimate of drug-likeness (QED) is 0.763. The van der Waals surface area contributed by atoms with E-state index in [4.69, 9.17) is 9.47 Å². The molecule has 0 amide bonds. The zero-order chi connectivity index (χ0) is 19.9. The number of ether oxygens (including phenoxy) is 2. The first-order chi connectivity index (χ1) is 13.3. The summed E-state index contributed by atoms with van der Waals surface area (Å²) in [5.41, 5.74) is -2.17. The molecule has 0 radical (unpaired) electrons. The summed E-state index contributed by atoms with van der Waals surface area (Å²) in [5.74, 6) is 0.341. The second-order valence-corrected chi connectivity index (χ2v) is 10.3. The van der Waals surface area contributed by atoms with Gasteiger partial charge in [0.1, 0.15) is 12.4 Å². The minimum absolute atomic E-state index is 0.0496. The van der Waals surface area contributed by atoms with Gasteiger partial charge in [-0.05, 0) is 56.3 Å². The molecule has 8 atom stereocenters. The summed E-state index contributed by atoms with van der Waals surface area (Å²) >= 11 is 0. The molecule has 6 nitrogen and oxygen atoms in total. The van der Waals surface area contributed by atoms with Crippen LogP contribution in [0.5, 0.6) is 0 Å². The van der Waals surface area contributed by atoms with Crippen molar-refractivity contribution in [1.29, 1.82) is 0 Å².